The fourth-order valence-electron chi connectivity index (χ4n) is 2.07. The van der Waals surface area contributed by atoms with Crippen LogP contribution in [-0.2, 0) is 5.60 Å². The second-order valence-electron chi connectivity index (χ2n) is 6.65. The standard InChI is InChI=1S/C16H25ClO/c1-12(2)16(18,11-10-15(3,4)5)13-6-8-14(17)9-7-13/h6-9,12,18H,10-11H2,1-5H3. The van der Waals surface area contributed by atoms with E-state index in [0.717, 1.165) is 18.4 Å². The van der Waals surface area contributed by atoms with Gasteiger partial charge in [-0.2, -0.15) is 0 Å². The first kappa shape index (κ1) is 15.5. The van der Waals surface area contributed by atoms with Gasteiger partial charge in [0.2, 0.25) is 0 Å². The van der Waals surface area contributed by atoms with Gasteiger partial charge in [0.15, 0.2) is 0 Å². The van der Waals surface area contributed by atoms with Gasteiger partial charge in [-0.05, 0) is 41.9 Å². The van der Waals surface area contributed by atoms with Crippen molar-refractivity contribution in [3.05, 3.63) is 34.9 Å². The third-order valence-corrected chi connectivity index (χ3v) is 3.81. The minimum absolute atomic E-state index is 0.182. The quantitative estimate of drug-likeness (QED) is 0.814. The minimum atomic E-state index is -0.766. The first-order valence-electron chi connectivity index (χ1n) is 6.63. The zero-order chi connectivity index (χ0) is 14.0. The molecule has 1 unspecified atom stereocenters. The van der Waals surface area contributed by atoms with Crippen LogP contribution >= 0.6 is 11.6 Å². The molecule has 1 atom stereocenters. The zero-order valence-electron chi connectivity index (χ0n) is 12.1. The van der Waals surface area contributed by atoms with E-state index in [2.05, 4.69) is 34.6 Å². The molecule has 0 aliphatic rings. The van der Waals surface area contributed by atoms with Crippen molar-refractivity contribution in [2.75, 3.05) is 0 Å². The normalized spacial score (nSPS) is 15.8. The van der Waals surface area contributed by atoms with Gasteiger partial charge in [-0.25, -0.2) is 0 Å². The molecule has 0 aromatic heterocycles. The van der Waals surface area contributed by atoms with Crippen molar-refractivity contribution in [1.29, 1.82) is 0 Å². The van der Waals surface area contributed by atoms with E-state index in [9.17, 15) is 5.11 Å². The summed E-state index contributed by atoms with van der Waals surface area (Å²) in [6.07, 6.45) is 1.76. The lowest BCUT2D eigenvalue weighted by molar-refractivity contribution is -0.0270. The average molecular weight is 269 g/mol. The topological polar surface area (TPSA) is 20.2 Å². The largest absolute Gasteiger partial charge is 0.385 e. The lowest BCUT2D eigenvalue weighted by Gasteiger charge is -2.35. The van der Waals surface area contributed by atoms with E-state index in [0.29, 0.717) is 5.02 Å². The Labute approximate surface area is 116 Å². The summed E-state index contributed by atoms with van der Waals surface area (Å²) < 4.78 is 0. The SMILES string of the molecule is CC(C)C(O)(CCC(C)(C)C)c1ccc(Cl)cc1. The molecule has 0 heterocycles. The maximum Gasteiger partial charge on any atom is 0.0919 e. The molecule has 1 N–H and O–H groups in total. The highest BCUT2D eigenvalue weighted by molar-refractivity contribution is 6.30. The van der Waals surface area contributed by atoms with E-state index in [1.165, 1.54) is 0 Å². The van der Waals surface area contributed by atoms with Crippen LogP contribution in [0.15, 0.2) is 24.3 Å². The smallest absolute Gasteiger partial charge is 0.0919 e. The van der Waals surface area contributed by atoms with Gasteiger partial charge in [-0.15, -0.1) is 0 Å². The highest BCUT2D eigenvalue weighted by Gasteiger charge is 2.33. The molecule has 0 radical (unpaired) electrons. The molecule has 1 aromatic rings. The molecule has 102 valence electrons. The van der Waals surface area contributed by atoms with Crippen molar-refractivity contribution in [2.24, 2.45) is 11.3 Å². The van der Waals surface area contributed by atoms with Gasteiger partial charge in [-0.3, -0.25) is 0 Å². The first-order valence-corrected chi connectivity index (χ1v) is 7.01. The van der Waals surface area contributed by atoms with Crippen LogP contribution < -0.4 is 0 Å². The Hall–Kier alpha value is -0.530. The van der Waals surface area contributed by atoms with Gasteiger partial charge in [0, 0.05) is 5.02 Å². The Morgan fingerprint density at radius 1 is 1.06 bits per heavy atom. The van der Waals surface area contributed by atoms with Crippen molar-refractivity contribution >= 4 is 11.6 Å². The van der Waals surface area contributed by atoms with E-state index in [1.54, 1.807) is 0 Å². The van der Waals surface area contributed by atoms with Crippen LogP contribution in [0.5, 0.6) is 0 Å². The number of hydrogen-bond acceptors (Lipinski definition) is 1. The number of aliphatic hydroxyl groups is 1. The molecule has 0 fully saturated rings. The summed E-state index contributed by atoms with van der Waals surface area (Å²) in [4.78, 5) is 0. The van der Waals surface area contributed by atoms with E-state index < -0.39 is 5.60 Å². The summed E-state index contributed by atoms with van der Waals surface area (Å²) in [5.41, 5.74) is 0.429. The molecule has 1 aromatic carbocycles. The lowest BCUT2D eigenvalue weighted by atomic mass is 9.76. The molecule has 1 nitrogen and oxygen atoms in total. The van der Waals surface area contributed by atoms with Crippen LogP contribution in [0.1, 0.15) is 53.0 Å². The van der Waals surface area contributed by atoms with E-state index in [1.807, 2.05) is 24.3 Å². The third-order valence-electron chi connectivity index (χ3n) is 3.56. The summed E-state index contributed by atoms with van der Waals surface area (Å²) in [6, 6.07) is 7.57. The van der Waals surface area contributed by atoms with Gasteiger partial charge in [0.1, 0.15) is 0 Å². The molecule has 18 heavy (non-hydrogen) atoms. The number of benzene rings is 1. The Morgan fingerprint density at radius 3 is 1.94 bits per heavy atom. The zero-order valence-corrected chi connectivity index (χ0v) is 12.9. The van der Waals surface area contributed by atoms with Crippen LogP contribution in [-0.4, -0.2) is 5.11 Å². The average Bonchev–Trinajstić information content (AvgIpc) is 2.25. The summed E-state index contributed by atoms with van der Waals surface area (Å²) >= 11 is 5.91. The molecule has 0 saturated carbocycles. The Balaban J connectivity index is 2.96. The highest BCUT2D eigenvalue weighted by Crippen LogP contribution is 2.37. The van der Waals surface area contributed by atoms with Gasteiger partial charge >= 0.3 is 0 Å². The van der Waals surface area contributed by atoms with Crippen molar-refractivity contribution in [3.63, 3.8) is 0 Å². The van der Waals surface area contributed by atoms with Crippen LogP contribution in [0.3, 0.4) is 0 Å². The molecule has 0 spiro atoms. The highest BCUT2D eigenvalue weighted by atomic mass is 35.5. The summed E-state index contributed by atoms with van der Waals surface area (Å²) in [7, 11) is 0. The second-order valence-corrected chi connectivity index (χ2v) is 7.08. The minimum Gasteiger partial charge on any atom is -0.385 e. The predicted molar refractivity (Wildman–Crippen MR) is 78.9 cm³/mol. The Kier molecular flexibility index (Phi) is 4.85. The van der Waals surface area contributed by atoms with Crippen LogP contribution in [0.25, 0.3) is 0 Å². The molecule has 0 aliphatic heterocycles. The van der Waals surface area contributed by atoms with Crippen LogP contribution in [0, 0.1) is 11.3 Å². The summed E-state index contributed by atoms with van der Waals surface area (Å²) in [5.74, 6) is 0.182. The van der Waals surface area contributed by atoms with E-state index in [-0.39, 0.29) is 11.3 Å². The van der Waals surface area contributed by atoms with Crippen molar-refractivity contribution < 1.29 is 5.11 Å². The van der Waals surface area contributed by atoms with Gasteiger partial charge in [0.25, 0.3) is 0 Å². The summed E-state index contributed by atoms with van der Waals surface area (Å²) in [5, 5.41) is 11.7. The van der Waals surface area contributed by atoms with Gasteiger partial charge < -0.3 is 5.11 Å². The predicted octanol–water partition coefficient (Wildman–Crippen LogP) is 5.01. The number of halogens is 1. The number of rotatable bonds is 4. The van der Waals surface area contributed by atoms with Gasteiger partial charge in [0.05, 0.1) is 5.60 Å². The monoisotopic (exact) mass is 268 g/mol. The molecule has 0 bridgehead atoms. The molecule has 0 saturated heterocycles. The molecule has 0 amide bonds. The molecule has 1 rings (SSSR count). The fraction of sp³-hybridized carbons (Fsp3) is 0.625. The lowest BCUT2D eigenvalue weighted by Crippen LogP contribution is -2.33. The Morgan fingerprint density at radius 2 is 1.56 bits per heavy atom. The van der Waals surface area contributed by atoms with Crippen molar-refractivity contribution in [1.82, 2.24) is 0 Å². The third kappa shape index (κ3) is 4.00. The van der Waals surface area contributed by atoms with E-state index >= 15 is 0 Å². The van der Waals surface area contributed by atoms with Crippen LogP contribution in [0.2, 0.25) is 5.02 Å². The second kappa shape index (κ2) is 5.63. The van der Waals surface area contributed by atoms with E-state index in [4.69, 9.17) is 11.6 Å². The first-order chi connectivity index (χ1) is 8.15. The molecule has 2 heteroatoms. The number of hydrogen-bond donors (Lipinski definition) is 1. The molecular formula is C16H25ClO. The maximum atomic E-state index is 11.0. The maximum absolute atomic E-state index is 11.0. The van der Waals surface area contributed by atoms with Gasteiger partial charge in [-0.1, -0.05) is 58.4 Å². The van der Waals surface area contributed by atoms with Crippen LogP contribution in [0.4, 0.5) is 0 Å². The molecule has 0 aliphatic carbocycles. The fourth-order valence-corrected chi connectivity index (χ4v) is 2.20. The van der Waals surface area contributed by atoms with Crippen molar-refractivity contribution in [2.45, 2.75) is 53.1 Å². The molecular weight excluding hydrogens is 244 g/mol. The summed E-state index contributed by atoms with van der Waals surface area (Å²) in [6.45, 7) is 10.7. The Bertz CT molecular complexity index is 375. The van der Waals surface area contributed by atoms with Crippen molar-refractivity contribution in [3.8, 4) is 0 Å².